The zero-order valence-electron chi connectivity index (χ0n) is 28.0. The Kier molecular flexibility index (Phi) is 6.90. The molecule has 0 atom stereocenters. The number of aromatic nitrogens is 1. The van der Waals surface area contributed by atoms with E-state index in [9.17, 15) is 8.78 Å². The highest BCUT2D eigenvalue weighted by Gasteiger charge is 2.18. The summed E-state index contributed by atoms with van der Waals surface area (Å²) in [5.74, 6) is -1.20. The molecule has 2 nitrogen and oxygen atoms in total. The van der Waals surface area contributed by atoms with Crippen LogP contribution in [0.3, 0.4) is 0 Å². The van der Waals surface area contributed by atoms with Gasteiger partial charge in [-0.1, -0.05) is 103 Å². The average molecular weight is 673 g/mol. The van der Waals surface area contributed by atoms with E-state index in [4.69, 9.17) is 0 Å². The molecule has 0 amide bonds. The second kappa shape index (κ2) is 11.9. The highest BCUT2D eigenvalue weighted by Crippen LogP contribution is 2.41. The number of anilines is 3. The topological polar surface area (TPSA) is 8.17 Å². The van der Waals surface area contributed by atoms with Crippen LogP contribution < -0.4 is 4.90 Å². The monoisotopic (exact) mass is 672 g/mol. The summed E-state index contributed by atoms with van der Waals surface area (Å²) in [7, 11) is 0. The summed E-state index contributed by atoms with van der Waals surface area (Å²) in [5, 5.41) is 9.11. The summed E-state index contributed by atoms with van der Waals surface area (Å²) >= 11 is 0. The molecule has 1 heterocycles. The quantitative estimate of drug-likeness (QED) is 0.126. The molecule has 0 saturated carbocycles. The third kappa shape index (κ3) is 4.99. The van der Waals surface area contributed by atoms with Gasteiger partial charge in [0.2, 0.25) is 0 Å². The fourth-order valence-corrected chi connectivity index (χ4v) is 7.87. The Bertz CT molecular complexity index is 2920. The molecular formula is C48H30F2N2. The van der Waals surface area contributed by atoms with Gasteiger partial charge in [-0.15, -0.1) is 0 Å². The zero-order chi connectivity index (χ0) is 34.8. The lowest BCUT2D eigenvalue weighted by atomic mass is 9.98. The maximum Gasteiger partial charge on any atom is 0.128 e. The lowest BCUT2D eigenvalue weighted by Crippen LogP contribution is -2.09. The maximum absolute atomic E-state index is 14.5. The second-order valence-electron chi connectivity index (χ2n) is 13.3. The van der Waals surface area contributed by atoms with Gasteiger partial charge in [0, 0.05) is 33.9 Å². The SMILES string of the molecule is Fc1cc(F)cc(-n2c3cccc4ccc5cc(C=Cc6ccc7c(ccc8cc(N(c9ccccc9)c9ccccc9)ccc87)c6)cc2c5c43)c1. The third-order valence-electron chi connectivity index (χ3n) is 10.1. The van der Waals surface area contributed by atoms with E-state index in [1.807, 2.05) is 28.8 Å². The molecule has 0 aliphatic rings. The smallest absolute Gasteiger partial charge is 0.128 e. The summed E-state index contributed by atoms with van der Waals surface area (Å²) in [6, 6.07) is 56.9. The van der Waals surface area contributed by atoms with Crippen LogP contribution in [0, 0.1) is 11.6 Å². The van der Waals surface area contributed by atoms with E-state index in [-0.39, 0.29) is 0 Å². The van der Waals surface area contributed by atoms with E-state index < -0.39 is 11.6 Å². The number of benzene rings is 9. The van der Waals surface area contributed by atoms with Gasteiger partial charge < -0.3 is 9.47 Å². The minimum absolute atomic E-state index is 0.463. The minimum atomic E-state index is -0.601. The van der Waals surface area contributed by atoms with E-state index in [1.165, 1.54) is 33.7 Å². The van der Waals surface area contributed by atoms with E-state index in [1.54, 1.807) is 0 Å². The Morgan fingerprint density at radius 3 is 1.73 bits per heavy atom. The third-order valence-corrected chi connectivity index (χ3v) is 10.1. The van der Waals surface area contributed by atoms with Crippen molar-refractivity contribution in [3.8, 4) is 5.69 Å². The van der Waals surface area contributed by atoms with Crippen LogP contribution >= 0.6 is 0 Å². The first-order chi connectivity index (χ1) is 25.6. The molecular weight excluding hydrogens is 643 g/mol. The Morgan fingerprint density at radius 1 is 0.404 bits per heavy atom. The molecule has 0 spiro atoms. The number of rotatable bonds is 6. The average Bonchev–Trinajstić information content (AvgIpc) is 3.51. The fraction of sp³-hybridized carbons (Fsp3) is 0. The maximum atomic E-state index is 14.5. The first kappa shape index (κ1) is 30.1. The molecule has 9 aromatic carbocycles. The number of nitrogens with zero attached hydrogens (tertiary/aromatic N) is 2. The summed E-state index contributed by atoms with van der Waals surface area (Å²) < 4.78 is 30.9. The number of para-hydroxylation sites is 2. The van der Waals surface area contributed by atoms with Crippen LogP contribution in [-0.4, -0.2) is 4.57 Å². The van der Waals surface area contributed by atoms with Crippen molar-refractivity contribution in [3.05, 3.63) is 193 Å². The van der Waals surface area contributed by atoms with Crippen molar-refractivity contribution in [2.75, 3.05) is 4.90 Å². The van der Waals surface area contributed by atoms with Crippen molar-refractivity contribution in [2.24, 2.45) is 0 Å². The molecule has 0 aliphatic heterocycles. The van der Waals surface area contributed by atoms with Gasteiger partial charge >= 0.3 is 0 Å². The van der Waals surface area contributed by atoms with Crippen LogP contribution in [-0.2, 0) is 0 Å². The molecule has 0 unspecified atom stereocenters. The van der Waals surface area contributed by atoms with Gasteiger partial charge in [0.1, 0.15) is 11.6 Å². The molecule has 0 saturated heterocycles. The molecule has 10 aromatic rings. The summed E-state index contributed by atoms with van der Waals surface area (Å²) in [6.45, 7) is 0. The fourth-order valence-electron chi connectivity index (χ4n) is 7.87. The van der Waals surface area contributed by atoms with E-state index in [0.29, 0.717) is 5.69 Å². The molecule has 0 fully saturated rings. The molecule has 0 bridgehead atoms. The van der Waals surface area contributed by atoms with Crippen molar-refractivity contribution < 1.29 is 8.78 Å². The number of halogens is 2. The number of hydrogen-bond acceptors (Lipinski definition) is 1. The van der Waals surface area contributed by atoms with Gasteiger partial charge in [-0.25, -0.2) is 8.78 Å². The predicted octanol–water partition coefficient (Wildman–Crippen LogP) is 13.6. The van der Waals surface area contributed by atoms with Crippen LogP contribution in [0.2, 0.25) is 0 Å². The summed E-state index contributed by atoms with van der Waals surface area (Å²) in [6.07, 6.45) is 4.24. The van der Waals surface area contributed by atoms with Gasteiger partial charge in [0.15, 0.2) is 0 Å². The van der Waals surface area contributed by atoms with Gasteiger partial charge in [0.05, 0.1) is 16.7 Å². The van der Waals surface area contributed by atoms with Crippen molar-refractivity contribution in [2.45, 2.75) is 0 Å². The minimum Gasteiger partial charge on any atom is -0.310 e. The van der Waals surface area contributed by atoms with Crippen LogP contribution in [0.5, 0.6) is 0 Å². The lowest BCUT2D eigenvalue weighted by molar-refractivity contribution is 0.582. The molecule has 246 valence electrons. The molecule has 0 aliphatic carbocycles. The molecule has 0 radical (unpaired) electrons. The second-order valence-corrected chi connectivity index (χ2v) is 13.3. The normalized spacial score (nSPS) is 12.0. The zero-order valence-corrected chi connectivity index (χ0v) is 28.0. The van der Waals surface area contributed by atoms with E-state index >= 15 is 0 Å². The molecule has 10 rings (SSSR count). The van der Waals surface area contributed by atoms with Crippen molar-refractivity contribution in [1.82, 2.24) is 4.57 Å². The van der Waals surface area contributed by atoms with Gasteiger partial charge in [-0.05, 0) is 116 Å². The van der Waals surface area contributed by atoms with Crippen LogP contribution in [0.25, 0.3) is 72.0 Å². The first-order valence-corrected chi connectivity index (χ1v) is 17.4. The summed E-state index contributed by atoms with van der Waals surface area (Å²) in [4.78, 5) is 2.29. The van der Waals surface area contributed by atoms with Gasteiger partial charge in [0.25, 0.3) is 0 Å². The van der Waals surface area contributed by atoms with Crippen LogP contribution in [0.15, 0.2) is 170 Å². The van der Waals surface area contributed by atoms with E-state index in [2.05, 4.69) is 144 Å². The number of hydrogen-bond donors (Lipinski definition) is 0. The van der Waals surface area contributed by atoms with Crippen LogP contribution in [0.1, 0.15) is 11.1 Å². The highest BCUT2D eigenvalue weighted by molar-refractivity contribution is 6.24. The molecule has 4 heteroatoms. The van der Waals surface area contributed by atoms with Crippen molar-refractivity contribution in [3.63, 3.8) is 0 Å². The standard InChI is InChI=1S/C48H30F2N2/c49-37-28-38(50)30-42(29-37)52-45-13-7-8-33-17-20-36-25-32(26-46(52)48(36)47(33)45)15-14-31-16-22-43-34(24-31)18-19-35-27-41(21-23-44(35)43)51(39-9-3-1-4-10-39)40-11-5-2-6-12-40/h1-30H. The van der Waals surface area contributed by atoms with Crippen LogP contribution in [0.4, 0.5) is 25.8 Å². The van der Waals surface area contributed by atoms with E-state index in [0.717, 1.165) is 66.8 Å². The Hall–Kier alpha value is -6.78. The van der Waals surface area contributed by atoms with Gasteiger partial charge in [-0.2, -0.15) is 0 Å². The lowest BCUT2D eigenvalue weighted by Gasteiger charge is -2.25. The predicted molar refractivity (Wildman–Crippen MR) is 214 cm³/mol. The molecule has 1 aromatic heterocycles. The highest BCUT2D eigenvalue weighted by atomic mass is 19.1. The number of fused-ring (bicyclic) bond motifs is 3. The Labute approximate surface area is 299 Å². The largest absolute Gasteiger partial charge is 0.310 e. The molecule has 52 heavy (non-hydrogen) atoms. The van der Waals surface area contributed by atoms with Gasteiger partial charge in [-0.3, -0.25) is 0 Å². The Morgan fingerprint density at radius 2 is 1.00 bits per heavy atom. The first-order valence-electron chi connectivity index (χ1n) is 17.4. The van der Waals surface area contributed by atoms with Crippen molar-refractivity contribution in [1.29, 1.82) is 0 Å². The Balaban J connectivity index is 1.03. The summed E-state index contributed by atoms with van der Waals surface area (Å²) in [5.41, 5.74) is 7.71. The van der Waals surface area contributed by atoms with Crippen molar-refractivity contribution >= 4 is 83.3 Å². The molecule has 0 N–H and O–H groups in total.